The van der Waals surface area contributed by atoms with Crippen molar-refractivity contribution in [1.29, 1.82) is 0 Å². The molecule has 0 N–H and O–H groups in total. The number of benzene rings is 2. The molecule has 6 heteroatoms. The fourth-order valence-electron chi connectivity index (χ4n) is 3.26. The van der Waals surface area contributed by atoms with Crippen LogP contribution in [0.4, 0.5) is 9.52 Å². The van der Waals surface area contributed by atoms with Crippen molar-refractivity contribution in [3.05, 3.63) is 59.9 Å². The van der Waals surface area contributed by atoms with Gasteiger partial charge >= 0.3 is 0 Å². The minimum Gasteiger partial charge on any atom is -0.302 e. The van der Waals surface area contributed by atoms with E-state index >= 15 is 0 Å². The molecule has 1 aromatic heterocycles. The van der Waals surface area contributed by atoms with Gasteiger partial charge in [-0.2, -0.15) is 0 Å². The Balaban J connectivity index is 1.63. The van der Waals surface area contributed by atoms with Gasteiger partial charge in [-0.1, -0.05) is 23.5 Å². The molecule has 2 aromatic carbocycles. The fraction of sp³-hybridized carbons (Fsp3) is 0.300. The van der Waals surface area contributed by atoms with Gasteiger partial charge in [-0.25, -0.2) is 9.37 Å². The lowest BCUT2D eigenvalue weighted by Crippen LogP contribution is -2.38. The van der Waals surface area contributed by atoms with Crippen molar-refractivity contribution >= 4 is 32.6 Å². The highest BCUT2D eigenvalue weighted by atomic mass is 32.1. The average Bonchev–Trinajstić information content (AvgIpc) is 3.31. The number of rotatable bonds is 5. The van der Waals surface area contributed by atoms with E-state index in [1.165, 1.54) is 48.4 Å². The molecule has 1 fully saturated rings. The van der Waals surface area contributed by atoms with Gasteiger partial charge in [0.1, 0.15) is 5.82 Å². The minimum absolute atomic E-state index is 0.136. The van der Waals surface area contributed by atoms with Crippen molar-refractivity contribution < 1.29 is 9.18 Å². The van der Waals surface area contributed by atoms with Gasteiger partial charge in [0.05, 0.1) is 10.2 Å². The Bertz CT molecular complexity index is 870. The molecule has 0 aliphatic carbocycles. The highest BCUT2D eigenvalue weighted by Crippen LogP contribution is 2.29. The molecule has 0 saturated carbocycles. The lowest BCUT2D eigenvalue weighted by atomic mass is 10.2. The number of aromatic nitrogens is 1. The van der Waals surface area contributed by atoms with Crippen molar-refractivity contribution in [2.45, 2.75) is 12.8 Å². The topological polar surface area (TPSA) is 36.4 Å². The molecule has 1 aliphatic heterocycles. The predicted octanol–water partition coefficient (Wildman–Crippen LogP) is 4.18. The van der Waals surface area contributed by atoms with E-state index < -0.39 is 0 Å². The largest absolute Gasteiger partial charge is 0.302 e. The number of thiazole rings is 1. The zero-order chi connectivity index (χ0) is 17.9. The maximum atomic E-state index is 13.2. The molecule has 2 heterocycles. The summed E-state index contributed by atoms with van der Waals surface area (Å²) in [5, 5.41) is 0.694. The van der Waals surface area contributed by atoms with Crippen LogP contribution in [-0.4, -0.2) is 42.0 Å². The number of fused-ring (bicyclic) bond motifs is 1. The number of carbonyl (C=O) groups is 1. The van der Waals surface area contributed by atoms with E-state index in [-0.39, 0.29) is 11.7 Å². The summed E-state index contributed by atoms with van der Waals surface area (Å²) >= 11 is 1.52. The third-order valence-corrected chi connectivity index (χ3v) is 5.75. The number of nitrogens with zero attached hydrogens (tertiary/aromatic N) is 3. The summed E-state index contributed by atoms with van der Waals surface area (Å²) in [5.41, 5.74) is 1.37. The van der Waals surface area contributed by atoms with Crippen LogP contribution in [0.15, 0.2) is 48.5 Å². The molecule has 134 valence electrons. The maximum absolute atomic E-state index is 13.2. The van der Waals surface area contributed by atoms with Crippen LogP contribution in [0.2, 0.25) is 0 Å². The monoisotopic (exact) mass is 369 g/mol. The lowest BCUT2D eigenvalue weighted by Gasteiger charge is -2.23. The standard InChI is InChI=1S/C20H20FN3OS/c21-16-9-7-15(8-10-16)19(25)24(14-13-23-11-3-4-12-23)20-22-17-5-1-2-6-18(17)26-20/h1-2,5-10H,3-4,11-14H2. The van der Waals surface area contributed by atoms with Crippen molar-refractivity contribution in [3.8, 4) is 0 Å². The van der Waals surface area contributed by atoms with E-state index in [1.807, 2.05) is 24.3 Å². The number of hydrogen-bond donors (Lipinski definition) is 0. The van der Waals surface area contributed by atoms with Gasteiger partial charge in [-0.15, -0.1) is 0 Å². The second-order valence-corrected chi connectivity index (χ2v) is 7.49. The Hall–Kier alpha value is -2.31. The van der Waals surface area contributed by atoms with E-state index in [4.69, 9.17) is 0 Å². The van der Waals surface area contributed by atoms with Crippen LogP contribution >= 0.6 is 11.3 Å². The number of carbonyl (C=O) groups excluding carboxylic acids is 1. The van der Waals surface area contributed by atoms with Crippen LogP contribution in [0.25, 0.3) is 10.2 Å². The summed E-state index contributed by atoms with van der Waals surface area (Å²) in [6, 6.07) is 13.6. The van der Waals surface area contributed by atoms with Gasteiger partial charge in [0, 0.05) is 18.7 Å². The molecule has 0 bridgehead atoms. The van der Waals surface area contributed by atoms with Crippen LogP contribution in [0.5, 0.6) is 0 Å². The molecule has 4 nitrogen and oxygen atoms in total. The SMILES string of the molecule is O=C(c1ccc(F)cc1)N(CCN1CCCC1)c1nc2ccccc2s1. The quantitative estimate of drug-likeness (QED) is 0.677. The van der Waals surface area contributed by atoms with Crippen LogP contribution in [0, 0.1) is 5.82 Å². The van der Waals surface area contributed by atoms with E-state index in [0.717, 1.165) is 29.9 Å². The highest BCUT2D eigenvalue weighted by molar-refractivity contribution is 7.22. The molecule has 3 aromatic rings. The zero-order valence-corrected chi connectivity index (χ0v) is 15.2. The molecule has 1 saturated heterocycles. The van der Waals surface area contributed by atoms with Crippen molar-refractivity contribution in [2.75, 3.05) is 31.1 Å². The number of anilines is 1. The molecule has 4 rings (SSSR count). The Morgan fingerprint density at radius 3 is 2.58 bits per heavy atom. The van der Waals surface area contributed by atoms with E-state index in [9.17, 15) is 9.18 Å². The summed E-state index contributed by atoms with van der Waals surface area (Å²) in [5.74, 6) is -0.478. The van der Waals surface area contributed by atoms with Crippen LogP contribution in [0.3, 0.4) is 0 Å². The van der Waals surface area contributed by atoms with Crippen LogP contribution in [0.1, 0.15) is 23.2 Å². The fourth-order valence-corrected chi connectivity index (χ4v) is 4.25. The Kier molecular flexibility index (Phi) is 4.95. The maximum Gasteiger partial charge on any atom is 0.260 e. The van der Waals surface area contributed by atoms with E-state index in [1.54, 1.807) is 4.90 Å². The summed E-state index contributed by atoms with van der Waals surface area (Å²) < 4.78 is 14.3. The van der Waals surface area contributed by atoms with E-state index in [2.05, 4.69) is 9.88 Å². The number of halogens is 1. The summed E-state index contributed by atoms with van der Waals surface area (Å²) in [6.07, 6.45) is 2.43. The lowest BCUT2D eigenvalue weighted by molar-refractivity contribution is 0.0984. The zero-order valence-electron chi connectivity index (χ0n) is 14.4. The van der Waals surface area contributed by atoms with Crippen molar-refractivity contribution in [2.24, 2.45) is 0 Å². The van der Waals surface area contributed by atoms with Gasteiger partial charge in [-0.05, 0) is 62.3 Å². The number of hydrogen-bond acceptors (Lipinski definition) is 4. The second-order valence-electron chi connectivity index (χ2n) is 6.48. The molecule has 1 amide bonds. The normalized spacial score (nSPS) is 14.8. The van der Waals surface area contributed by atoms with Crippen molar-refractivity contribution in [3.63, 3.8) is 0 Å². The van der Waals surface area contributed by atoms with Gasteiger partial charge in [0.15, 0.2) is 5.13 Å². The Labute approximate surface area is 155 Å². The molecule has 0 unspecified atom stereocenters. The number of likely N-dealkylation sites (tertiary alicyclic amines) is 1. The molecular weight excluding hydrogens is 349 g/mol. The first-order valence-corrected chi connectivity index (χ1v) is 9.68. The first kappa shape index (κ1) is 17.1. The summed E-state index contributed by atoms with van der Waals surface area (Å²) in [7, 11) is 0. The Morgan fingerprint density at radius 1 is 1.12 bits per heavy atom. The number of amides is 1. The first-order valence-electron chi connectivity index (χ1n) is 8.86. The van der Waals surface area contributed by atoms with Crippen LogP contribution < -0.4 is 4.90 Å². The van der Waals surface area contributed by atoms with Gasteiger partial charge in [-0.3, -0.25) is 9.69 Å². The average molecular weight is 369 g/mol. The van der Waals surface area contributed by atoms with Crippen LogP contribution in [-0.2, 0) is 0 Å². The third-order valence-electron chi connectivity index (χ3n) is 4.69. The van der Waals surface area contributed by atoms with Gasteiger partial charge in [0.25, 0.3) is 5.91 Å². The second kappa shape index (κ2) is 7.51. The third kappa shape index (κ3) is 3.61. The van der Waals surface area contributed by atoms with Gasteiger partial charge in [0.2, 0.25) is 0 Å². The van der Waals surface area contributed by atoms with Gasteiger partial charge < -0.3 is 4.90 Å². The summed E-state index contributed by atoms with van der Waals surface area (Å²) in [6.45, 7) is 3.57. The molecule has 0 spiro atoms. The summed E-state index contributed by atoms with van der Waals surface area (Å²) in [4.78, 5) is 21.8. The number of para-hydroxylation sites is 1. The smallest absolute Gasteiger partial charge is 0.260 e. The molecular formula is C20H20FN3OS. The first-order chi connectivity index (χ1) is 12.7. The molecule has 0 atom stereocenters. The molecule has 1 aliphatic rings. The Morgan fingerprint density at radius 2 is 1.85 bits per heavy atom. The highest BCUT2D eigenvalue weighted by Gasteiger charge is 2.23. The predicted molar refractivity (Wildman–Crippen MR) is 103 cm³/mol. The molecule has 0 radical (unpaired) electrons. The molecule has 26 heavy (non-hydrogen) atoms. The minimum atomic E-state index is -0.342. The van der Waals surface area contributed by atoms with Crippen molar-refractivity contribution in [1.82, 2.24) is 9.88 Å². The van der Waals surface area contributed by atoms with E-state index in [0.29, 0.717) is 17.2 Å².